The van der Waals surface area contributed by atoms with Gasteiger partial charge in [0.15, 0.2) is 6.61 Å². The summed E-state index contributed by atoms with van der Waals surface area (Å²) >= 11 is 0. The van der Waals surface area contributed by atoms with Gasteiger partial charge < -0.3 is 19.5 Å². The summed E-state index contributed by atoms with van der Waals surface area (Å²) in [6, 6.07) is 11.2. The Kier molecular flexibility index (Phi) is 8.68. The van der Waals surface area contributed by atoms with Crippen molar-refractivity contribution in [2.45, 2.75) is 11.5 Å². The number of nitrogens with one attached hydrogen (secondary N) is 1. The maximum atomic E-state index is 12.6. The van der Waals surface area contributed by atoms with Gasteiger partial charge in [-0.3, -0.25) is 4.79 Å². The number of anilines is 1. The monoisotopic (exact) mass is 496 g/mol. The maximum absolute atomic E-state index is 12.6. The maximum Gasteiger partial charge on any atom is 0.387 e. The van der Waals surface area contributed by atoms with Gasteiger partial charge in [-0.25, -0.2) is 13.2 Å². The highest BCUT2D eigenvalue weighted by Gasteiger charge is 2.26. The van der Waals surface area contributed by atoms with E-state index in [0.717, 1.165) is 6.08 Å². The minimum Gasteiger partial charge on any atom is -0.452 e. The smallest absolute Gasteiger partial charge is 0.387 e. The van der Waals surface area contributed by atoms with Crippen molar-refractivity contribution < 1.29 is 41.0 Å². The molecular formula is C22H22F2N2O7S. The van der Waals surface area contributed by atoms with Crippen LogP contribution >= 0.6 is 0 Å². The van der Waals surface area contributed by atoms with Crippen molar-refractivity contribution in [3.8, 4) is 5.75 Å². The molecule has 0 unspecified atom stereocenters. The Hall–Kier alpha value is -3.35. The number of benzene rings is 2. The van der Waals surface area contributed by atoms with Crippen molar-refractivity contribution in [2.75, 3.05) is 38.2 Å². The number of carbonyl (C=O) groups is 2. The summed E-state index contributed by atoms with van der Waals surface area (Å²) < 4.78 is 65.1. The lowest BCUT2D eigenvalue weighted by molar-refractivity contribution is -0.142. The van der Waals surface area contributed by atoms with E-state index >= 15 is 0 Å². The highest BCUT2D eigenvalue weighted by molar-refractivity contribution is 7.89. The molecule has 1 fully saturated rings. The van der Waals surface area contributed by atoms with Gasteiger partial charge >= 0.3 is 12.6 Å². The molecule has 1 amide bonds. The molecule has 0 aliphatic carbocycles. The second-order valence-corrected chi connectivity index (χ2v) is 8.92. The Morgan fingerprint density at radius 2 is 1.71 bits per heavy atom. The molecule has 1 aliphatic rings. The summed E-state index contributed by atoms with van der Waals surface area (Å²) in [7, 11) is -3.64. The van der Waals surface area contributed by atoms with Gasteiger partial charge in [0, 0.05) is 24.9 Å². The third kappa shape index (κ3) is 7.33. The summed E-state index contributed by atoms with van der Waals surface area (Å²) in [4.78, 5) is 23.9. The van der Waals surface area contributed by atoms with E-state index in [0.29, 0.717) is 24.5 Å². The van der Waals surface area contributed by atoms with Crippen LogP contribution in [-0.4, -0.2) is 64.1 Å². The van der Waals surface area contributed by atoms with Crippen LogP contribution in [0.4, 0.5) is 14.5 Å². The molecule has 1 N–H and O–H groups in total. The van der Waals surface area contributed by atoms with Crippen LogP contribution in [0.1, 0.15) is 5.56 Å². The molecule has 0 spiro atoms. The molecule has 9 nitrogen and oxygen atoms in total. The zero-order valence-corrected chi connectivity index (χ0v) is 18.7. The first-order valence-corrected chi connectivity index (χ1v) is 11.6. The number of esters is 1. The topological polar surface area (TPSA) is 111 Å². The summed E-state index contributed by atoms with van der Waals surface area (Å²) in [6.45, 7) is -2.26. The number of amides is 1. The highest BCUT2D eigenvalue weighted by Crippen LogP contribution is 2.19. The van der Waals surface area contributed by atoms with Crippen molar-refractivity contribution in [1.82, 2.24) is 4.31 Å². The molecule has 1 heterocycles. The van der Waals surface area contributed by atoms with Gasteiger partial charge in [0.1, 0.15) is 5.75 Å². The number of ether oxygens (including phenoxy) is 3. The van der Waals surface area contributed by atoms with E-state index < -0.39 is 35.1 Å². The molecule has 0 atom stereocenters. The van der Waals surface area contributed by atoms with Crippen LogP contribution in [0.3, 0.4) is 0 Å². The van der Waals surface area contributed by atoms with Gasteiger partial charge in [-0.1, -0.05) is 12.1 Å². The van der Waals surface area contributed by atoms with E-state index in [4.69, 9.17) is 9.47 Å². The molecular weight excluding hydrogens is 474 g/mol. The summed E-state index contributed by atoms with van der Waals surface area (Å²) in [5, 5.41) is 2.51. The van der Waals surface area contributed by atoms with Gasteiger partial charge in [0.25, 0.3) is 5.91 Å². The number of hydrogen-bond acceptors (Lipinski definition) is 7. The molecule has 2 aromatic carbocycles. The molecule has 0 saturated carbocycles. The molecule has 1 aliphatic heterocycles. The lowest BCUT2D eigenvalue weighted by Gasteiger charge is -2.26. The Balaban J connectivity index is 1.46. The standard InChI is InChI=1S/C22H22F2N2O7S/c23-22(24)33-18-6-1-16(2-7-18)3-10-21(28)32-15-20(27)25-17-4-8-19(9-5-17)34(29,30)26-11-13-31-14-12-26/h1-10,22H,11-15H2,(H,25,27). The fourth-order valence-electron chi connectivity index (χ4n) is 2.95. The van der Waals surface area contributed by atoms with Crippen LogP contribution in [0.15, 0.2) is 59.5 Å². The second kappa shape index (κ2) is 11.7. The predicted molar refractivity (Wildman–Crippen MR) is 118 cm³/mol. The molecule has 0 aromatic heterocycles. The third-order valence-electron chi connectivity index (χ3n) is 4.61. The van der Waals surface area contributed by atoms with E-state index in [1.807, 2.05) is 0 Å². The average Bonchev–Trinajstić information content (AvgIpc) is 2.83. The minimum atomic E-state index is -3.64. The number of morpholine rings is 1. The summed E-state index contributed by atoms with van der Waals surface area (Å²) in [6.07, 6.45) is 2.47. The van der Waals surface area contributed by atoms with Crippen LogP contribution < -0.4 is 10.1 Å². The zero-order chi connectivity index (χ0) is 24.6. The molecule has 0 bridgehead atoms. The molecule has 1 saturated heterocycles. The van der Waals surface area contributed by atoms with Crippen LogP contribution in [0.5, 0.6) is 5.75 Å². The first-order valence-electron chi connectivity index (χ1n) is 10.1. The first-order chi connectivity index (χ1) is 16.2. The number of sulfonamides is 1. The third-order valence-corrected chi connectivity index (χ3v) is 6.52. The van der Waals surface area contributed by atoms with Gasteiger partial charge in [0.05, 0.1) is 18.1 Å². The molecule has 3 rings (SSSR count). The molecule has 12 heteroatoms. The minimum absolute atomic E-state index is 0.0156. The lowest BCUT2D eigenvalue weighted by Crippen LogP contribution is -2.40. The fraction of sp³-hybridized carbons (Fsp3) is 0.273. The quantitative estimate of drug-likeness (QED) is 0.419. The number of alkyl halides is 2. The van der Waals surface area contributed by atoms with Gasteiger partial charge in [0.2, 0.25) is 10.0 Å². The Morgan fingerprint density at radius 3 is 2.32 bits per heavy atom. The van der Waals surface area contributed by atoms with Crippen LogP contribution in [0, 0.1) is 0 Å². The van der Waals surface area contributed by atoms with Crippen molar-refractivity contribution in [3.05, 3.63) is 60.2 Å². The van der Waals surface area contributed by atoms with Crippen molar-refractivity contribution in [3.63, 3.8) is 0 Å². The fourth-order valence-corrected chi connectivity index (χ4v) is 4.36. The lowest BCUT2D eigenvalue weighted by atomic mass is 10.2. The number of halogens is 2. The molecule has 2 aromatic rings. The SMILES string of the molecule is O=C(COC(=O)C=Cc1ccc(OC(F)F)cc1)Nc1ccc(S(=O)(=O)N2CCOCC2)cc1. The number of carbonyl (C=O) groups excluding carboxylic acids is 2. The van der Waals surface area contributed by atoms with E-state index in [1.165, 1.54) is 58.9 Å². The predicted octanol–water partition coefficient (Wildman–Crippen LogP) is 2.50. The van der Waals surface area contributed by atoms with Crippen LogP contribution in [0.2, 0.25) is 0 Å². The van der Waals surface area contributed by atoms with Gasteiger partial charge in [-0.05, 0) is 48.0 Å². The van der Waals surface area contributed by atoms with E-state index in [1.54, 1.807) is 0 Å². The number of hydrogen-bond donors (Lipinski definition) is 1. The molecule has 34 heavy (non-hydrogen) atoms. The molecule has 182 valence electrons. The summed E-state index contributed by atoms with van der Waals surface area (Å²) in [5.41, 5.74) is 0.874. The highest BCUT2D eigenvalue weighted by atomic mass is 32.2. The zero-order valence-electron chi connectivity index (χ0n) is 17.9. The van der Waals surface area contributed by atoms with E-state index in [2.05, 4.69) is 10.1 Å². The van der Waals surface area contributed by atoms with Crippen molar-refractivity contribution in [2.24, 2.45) is 0 Å². The van der Waals surface area contributed by atoms with E-state index in [-0.39, 0.29) is 23.7 Å². The van der Waals surface area contributed by atoms with Crippen LogP contribution in [-0.2, 0) is 29.1 Å². The van der Waals surface area contributed by atoms with Crippen LogP contribution in [0.25, 0.3) is 6.08 Å². The second-order valence-electron chi connectivity index (χ2n) is 6.98. The normalized spacial score (nSPS) is 14.8. The largest absolute Gasteiger partial charge is 0.452 e. The van der Waals surface area contributed by atoms with Gasteiger partial charge in [-0.15, -0.1) is 0 Å². The van der Waals surface area contributed by atoms with Crippen molar-refractivity contribution >= 4 is 33.7 Å². The Bertz CT molecular complexity index is 1110. The Morgan fingerprint density at radius 1 is 1.06 bits per heavy atom. The number of nitrogens with zero attached hydrogens (tertiary/aromatic N) is 1. The van der Waals surface area contributed by atoms with Crippen molar-refractivity contribution in [1.29, 1.82) is 0 Å². The average molecular weight is 496 g/mol. The van der Waals surface area contributed by atoms with Gasteiger partial charge in [-0.2, -0.15) is 13.1 Å². The summed E-state index contributed by atoms with van der Waals surface area (Å²) in [5.74, 6) is -1.41. The molecule has 0 radical (unpaired) electrons. The number of rotatable bonds is 9. The van der Waals surface area contributed by atoms with E-state index in [9.17, 15) is 26.8 Å². The first kappa shape index (κ1) is 25.3. The Labute approximate surface area is 195 Å².